The van der Waals surface area contributed by atoms with Crippen LogP contribution in [-0.2, 0) is 7.05 Å². The Morgan fingerprint density at radius 1 is 1.69 bits per heavy atom. The number of carbonyl (C=O) groups is 1. The van der Waals surface area contributed by atoms with E-state index in [1.54, 1.807) is 24.0 Å². The topological polar surface area (TPSA) is 46.9 Å². The van der Waals surface area contributed by atoms with Gasteiger partial charge in [0, 0.05) is 24.7 Å². The third-order valence-electron chi connectivity index (χ3n) is 2.79. The Morgan fingerprint density at radius 2 is 2.38 bits per heavy atom. The van der Waals surface area contributed by atoms with Crippen LogP contribution in [0.25, 0.3) is 0 Å². The molecule has 0 spiro atoms. The highest BCUT2D eigenvalue weighted by Crippen LogP contribution is 2.15. The average molecular weight is 244 g/mol. The molecular formula is C11H18ClN3O. The van der Waals surface area contributed by atoms with Crippen molar-refractivity contribution in [1.29, 1.82) is 0 Å². The molecule has 0 bridgehead atoms. The van der Waals surface area contributed by atoms with E-state index in [1.807, 2.05) is 13.8 Å². The van der Waals surface area contributed by atoms with Gasteiger partial charge in [-0.1, -0.05) is 6.92 Å². The summed E-state index contributed by atoms with van der Waals surface area (Å²) in [5.74, 6) is 0.391. The summed E-state index contributed by atoms with van der Waals surface area (Å²) in [6.45, 7) is 4.03. The molecule has 16 heavy (non-hydrogen) atoms. The van der Waals surface area contributed by atoms with Gasteiger partial charge in [-0.05, 0) is 25.8 Å². The highest BCUT2D eigenvalue weighted by molar-refractivity contribution is 6.17. The summed E-state index contributed by atoms with van der Waals surface area (Å²) in [6, 6.07) is 1.70. The quantitative estimate of drug-likeness (QED) is 0.804. The molecule has 0 aromatic carbocycles. The first-order chi connectivity index (χ1) is 7.50. The lowest BCUT2D eigenvalue weighted by molar-refractivity contribution is 0.0895. The van der Waals surface area contributed by atoms with E-state index in [0.717, 1.165) is 12.8 Å². The first-order valence-corrected chi connectivity index (χ1v) is 5.92. The minimum absolute atomic E-state index is 0.143. The lowest BCUT2D eigenvalue weighted by atomic mass is 9.95. The summed E-state index contributed by atoms with van der Waals surface area (Å²) in [5.41, 5.74) is 0.188. The van der Waals surface area contributed by atoms with E-state index in [4.69, 9.17) is 11.6 Å². The largest absolute Gasteiger partial charge is 0.345 e. The molecule has 4 nitrogen and oxygen atoms in total. The van der Waals surface area contributed by atoms with Gasteiger partial charge in [-0.25, -0.2) is 0 Å². The number of amides is 1. The van der Waals surface area contributed by atoms with Gasteiger partial charge in [-0.2, -0.15) is 5.10 Å². The van der Waals surface area contributed by atoms with Crippen LogP contribution in [0.1, 0.15) is 37.2 Å². The van der Waals surface area contributed by atoms with E-state index >= 15 is 0 Å². The summed E-state index contributed by atoms with van der Waals surface area (Å²) < 4.78 is 1.61. The zero-order chi connectivity index (χ0) is 12.2. The number of carbonyl (C=O) groups excluding carboxylic acids is 1. The third kappa shape index (κ3) is 3.23. The van der Waals surface area contributed by atoms with E-state index in [1.165, 1.54) is 0 Å². The molecule has 0 aliphatic carbocycles. The number of hydrogen-bond donors (Lipinski definition) is 1. The predicted octanol–water partition coefficient (Wildman–Crippen LogP) is 1.95. The number of nitrogens with zero attached hydrogens (tertiary/aromatic N) is 2. The van der Waals surface area contributed by atoms with E-state index in [-0.39, 0.29) is 11.4 Å². The molecule has 5 heteroatoms. The Bertz CT molecular complexity index is 364. The number of nitrogens with one attached hydrogen (secondary N) is 1. The summed E-state index contributed by atoms with van der Waals surface area (Å²) in [4.78, 5) is 11.9. The molecule has 0 aliphatic heterocycles. The lowest BCUT2D eigenvalue weighted by Gasteiger charge is -2.28. The van der Waals surface area contributed by atoms with Crippen LogP contribution in [0.5, 0.6) is 0 Å². The number of hydrogen-bond acceptors (Lipinski definition) is 2. The van der Waals surface area contributed by atoms with Gasteiger partial charge in [0.15, 0.2) is 0 Å². The molecule has 1 rings (SSSR count). The molecule has 1 unspecified atom stereocenters. The van der Waals surface area contributed by atoms with Crippen LogP contribution < -0.4 is 5.32 Å². The fraction of sp³-hybridized carbons (Fsp3) is 0.636. The van der Waals surface area contributed by atoms with Crippen LogP contribution in [0.3, 0.4) is 0 Å². The van der Waals surface area contributed by atoms with Gasteiger partial charge in [0.05, 0.1) is 0 Å². The minimum atomic E-state index is -0.254. The molecule has 1 amide bonds. The van der Waals surface area contributed by atoms with Gasteiger partial charge in [0.2, 0.25) is 0 Å². The molecule has 1 N–H and O–H groups in total. The molecule has 0 saturated heterocycles. The van der Waals surface area contributed by atoms with E-state index in [9.17, 15) is 4.79 Å². The Morgan fingerprint density at radius 3 is 2.81 bits per heavy atom. The number of aromatic nitrogens is 2. The highest BCUT2D eigenvalue weighted by atomic mass is 35.5. The van der Waals surface area contributed by atoms with Crippen LogP contribution in [-0.4, -0.2) is 27.1 Å². The number of rotatable bonds is 5. The first-order valence-electron chi connectivity index (χ1n) is 5.39. The second-order valence-electron chi connectivity index (χ2n) is 4.18. The van der Waals surface area contributed by atoms with E-state index < -0.39 is 0 Å². The SMILES string of the molecule is CCC(C)(CCCl)NC(=O)c1ccn(C)n1. The van der Waals surface area contributed by atoms with Crippen molar-refractivity contribution in [2.75, 3.05) is 5.88 Å². The Labute approximate surface area is 101 Å². The van der Waals surface area contributed by atoms with Gasteiger partial charge in [0.1, 0.15) is 5.69 Å². The van der Waals surface area contributed by atoms with Crippen molar-refractivity contribution in [2.24, 2.45) is 7.05 Å². The Kier molecular flexibility index (Phi) is 4.35. The number of alkyl halides is 1. The molecule has 1 aromatic rings. The molecule has 1 heterocycles. The highest BCUT2D eigenvalue weighted by Gasteiger charge is 2.24. The fourth-order valence-electron chi connectivity index (χ4n) is 1.41. The molecule has 0 aliphatic rings. The average Bonchev–Trinajstić information content (AvgIpc) is 2.65. The molecule has 1 atom stereocenters. The molecule has 0 fully saturated rings. The lowest BCUT2D eigenvalue weighted by Crippen LogP contribution is -2.46. The van der Waals surface area contributed by atoms with E-state index in [2.05, 4.69) is 10.4 Å². The first kappa shape index (κ1) is 13.0. The maximum Gasteiger partial charge on any atom is 0.272 e. The van der Waals surface area contributed by atoms with Gasteiger partial charge >= 0.3 is 0 Å². The zero-order valence-corrected chi connectivity index (χ0v) is 10.7. The minimum Gasteiger partial charge on any atom is -0.345 e. The van der Waals surface area contributed by atoms with Crippen LogP contribution in [0.15, 0.2) is 12.3 Å². The normalized spacial score (nSPS) is 14.5. The van der Waals surface area contributed by atoms with Crippen LogP contribution >= 0.6 is 11.6 Å². The maximum atomic E-state index is 11.9. The van der Waals surface area contributed by atoms with Crippen molar-refractivity contribution in [2.45, 2.75) is 32.2 Å². The van der Waals surface area contributed by atoms with Crippen molar-refractivity contribution in [3.8, 4) is 0 Å². The third-order valence-corrected chi connectivity index (χ3v) is 2.98. The van der Waals surface area contributed by atoms with Crippen LogP contribution in [0, 0.1) is 0 Å². The second-order valence-corrected chi connectivity index (χ2v) is 4.56. The van der Waals surface area contributed by atoms with Gasteiger partial charge in [-0.15, -0.1) is 11.6 Å². The van der Waals surface area contributed by atoms with Crippen molar-refractivity contribution in [1.82, 2.24) is 15.1 Å². The monoisotopic (exact) mass is 243 g/mol. The maximum absolute atomic E-state index is 11.9. The predicted molar refractivity (Wildman–Crippen MR) is 64.7 cm³/mol. The van der Waals surface area contributed by atoms with Gasteiger partial charge < -0.3 is 5.32 Å². The summed E-state index contributed by atoms with van der Waals surface area (Å²) in [5, 5.41) is 7.04. The number of aryl methyl sites for hydroxylation is 1. The van der Waals surface area contributed by atoms with Crippen molar-refractivity contribution in [3.05, 3.63) is 18.0 Å². The Hall–Kier alpha value is -1.03. The van der Waals surface area contributed by atoms with Crippen molar-refractivity contribution < 1.29 is 4.79 Å². The molecular weight excluding hydrogens is 226 g/mol. The molecule has 0 saturated carbocycles. The fourth-order valence-corrected chi connectivity index (χ4v) is 1.83. The number of halogens is 1. The molecule has 90 valence electrons. The second kappa shape index (κ2) is 5.34. The van der Waals surface area contributed by atoms with Gasteiger partial charge in [-0.3, -0.25) is 9.48 Å². The van der Waals surface area contributed by atoms with Crippen LogP contribution in [0.4, 0.5) is 0 Å². The van der Waals surface area contributed by atoms with Crippen molar-refractivity contribution >= 4 is 17.5 Å². The Balaban J connectivity index is 2.69. The molecule has 0 radical (unpaired) electrons. The zero-order valence-electron chi connectivity index (χ0n) is 9.96. The summed E-state index contributed by atoms with van der Waals surface area (Å²) >= 11 is 5.73. The smallest absolute Gasteiger partial charge is 0.272 e. The summed E-state index contributed by atoms with van der Waals surface area (Å²) in [6.07, 6.45) is 3.35. The van der Waals surface area contributed by atoms with Crippen molar-refractivity contribution in [3.63, 3.8) is 0 Å². The summed E-state index contributed by atoms with van der Waals surface area (Å²) in [7, 11) is 1.79. The van der Waals surface area contributed by atoms with E-state index in [0.29, 0.717) is 11.6 Å². The molecule has 1 aromatic heterocycles. The van der Waals surface area contributed by atoms with Gasteiger partial charge in [0.25, 0.3) is 5.91 Å². The standard InChI is InChI=1S/C11H18ClN3O/c1-4-11(2,6-7-12)13-10(16)9-5-8-15(3)14-9/h5,8H,4,6-7H2,1-3H3,(H,13,16). The van der Waals surface area contributed by atoms with Crippen LogP contribution in [0.2, 0.25) is 0 Å².